The van der Waals surface area contributed by atoms with Crippen LogP contribution >= 0.6 is 37.2 Å². The van der Waals surface area contributed by atoms with Crippen LogP contribution in [0.15, 0.2) is 36.4 Å². The Kier molecular flexibility index (Phi) is 25.3. The fourth-order valence-corrected chi connectivity index (χ4v) is 9.33. The second kappa shape index (κ2) is 26.5. The summed E-state index contributed by atoms with van der Waals surface area (Å²) in [5, 5.41) is 11.6. The molecule has 3 aromatic carbocycles. The SMILES string of the molecule is COc1cc2c(cc1OC)C(CCCCC(CCC1NCC(C)c3cc(OC)c(OC)cc31)CCC1NCC(C)c3cc(OC)c(OC)cc31)NCC2C.Cl.Cl.Cl.O.O.O. The molecule has 3 aliphatic heterocycles. The lowest BCUT2D eigenvalue weighted by atomic mass is 9.81. The lowest BCUT2D eigenvalue weighted by Crippen LogP contribution is -2.33. The molecule has 0 radical (unpaired) electrons. The first-order chi connectivity index (χ1) is 26.2. The highest BCUT2D eigenvalue weighted by molar-refractivity contribution is 5.86. The second-order valence-corrected chi connectivity index (χ2v) is 15.9. The van der Waals surface area contributed by atoms with Crippen molar-refractivity contribution >= 4 is 37.2 Å². The molecule has 0 amide bonds. The van der Waals surface area contributed by atoms with Gasteiger partial charge in [-0.2, -0.15) is 0 Å². The van der Waals surface area contributed by atoms with Gasteiger partial charge in [0.15, 0.2) is 34.5 Å². The summed E-state index contributed by atoms with van der Waals surface area (Å²) in [5.41, 5.74) is 8.19. The third-order valence-corrected chi connectivity index (χ3v) is 12.6. The predicted octanol–water partition coefficient (Wildman–Crippen LogP) is 7.91. The fraction of sp³-hybridized carbons (Fsp3) is 0.600. The molecule has 12 nitrogen and oxygen atoms in total. The monoisotopic (exact) mass is 905 g/mol. The van der Waals surface area contributed by atoms with Gasteiger partial charge in [0.2, 0.25) is 0 Å². The van der Waals surface area contributed by atoms with Crippen LogP contribution in [0.3, 0.4) is 0 Å². The highest BCUT2D eigenvalue weighted by atomic mass is 35.5. The van der Waals surface area contributed by atoms with Crippen molar-refractivity contribution in [1.82, 2.24) is 16.0 Å². The van der Waals surface area contributed by atoms with Crippen molar-refractivity contribution in [3.63, 3.8) is 0 Å². The van der Waals surface area contributed by atoms with Crippen molar-refractivity contribution in [3.05, 3.63) is 69.8 Å². The standard InChI is InChI=1S/C45H65N3O6.3ClH.3H2O/c1-27-24-46-37(34-21-43(52-7)40(49-4)18-31(27)34)13-11-10-12-30(14-16-38-35-22-44(53-8)41(50-5)19-32(35)28(2)25-47-38)15-17-39-36-23-45(54-9)42(51-6)20-33(36)29(3)26-48-39;;;;;;/h18-23,27-30,37-39,46-48H,10-17,24-26H2,1-9H3;3*1H;3*1H2. The van der Waals surface area contributed by atoms with Gasteiger partial charge in [-0.05, 0) is 126 Å². The van der Waals surface area contributed by atoms with Gasteiger partial charge in [0.1, 0.15) is 0 Å². The molecule has 344 valence electrons. The van der Waals surface area contributed by atoms with Gasteiger partial charge in [0.05, 0.1) is 42.7 Å². The van der Waals surface area contributed by atoms with Crippen LogP contribution in [-0.4, -0.2) is 78.7 Å². The molecule has 6 rings (SSSR count). The number of halogens is 3. The quantitative estimate of drug-likeness (QED) is 0.113. The molecule has 3 aromatic rings. The Bertz CT molecular complexity index is 1660. The smallest absolute Gasteiger partial charge is 0.161 e. The summed E-state index contributed by atoms with van der Waals surface area (Å²) >= 11 is 0. The molecule has 0 spiro atoms. The summed E-state index contributed by atoms with van der Waals surface area (Å²) < 4.78 is 34.3. The number of nitrogens with one attached hydrogen (secondary N) is 3. The van der Waals surface area contributed by atoms with E-state index in [2.05, 4.69) is 73.1 Å². The third kappa shape index (κ3) is 12.6. The fourth-order valence-electron chi connectivity index (χ4n) is 9.33. The second-order valence-electron chi connectivity index (χ2n) is 15.9. The Morgan fingerprint density at radius 1 is 0.417 bits per heavy atom. The van der Waals surface area contributed by atoms with E-state index in [0.717, 1.165) is 73.4 Å². The number of ether oxygens (including phenoxy) is 6. The van der Waals surface area contributed by atoms with Gasteiger partial charge in [-0.1, -0.05) is 40.0 Å². The lowest BCUT2D eigenvalue weighted by Gasteiger charge is -2.34. The van der Waals surface area contributed by atoms with Crippen molar-refractivity contribution in [2.45, 2.75) is 108 Å². The maximum Gasteiger partial charge on any atom is 0.161 e. The number of hydrogen-bond acceptors (Lipinski definition) is 9. The van der Waals surface area contributed by atoms with Crippen molar-refractivity contribution in [1.29, 1.82) is 0 Å². The van der Waals surface area contributed by atoms with E-state index in [1.807, 2.05) is 0 Å². The van der Waals surface area contributed by atoms with Crippen LogP contribution in [0.25, 0.3) is 0 Å². The van der Waals surface area contributed by atoms with Crippen LogP contribution in [-0.2, 0) is 0 Å². The van der Waals surface area contributed by atoms with Crippen LogP contribution in [0.2, 0.25) is 0 Å². The Morgan fingerprint density at radius 2 is 0.683 bits per heavy atom. The van der Waals surface area contributed by atoms with Crippen molar-refractivity contribution < 1.29 is 44.8 Å². The molecule has 3 aliphatic rings. The summed E-state index contributed by atoms with van der Waals surface area (Å²) in [5.74, 6) is 6.75. The van der Waals surface area contributed by atoms with Crippen LogP contribution in [0.5, 0.6) is 34.5 Å². The molecule has 6 unspecified atom stereocenters. The van der Waals surface area contributed by atoms with E-state index in [4.69, 9.17) is 28.4 Å². The van der Waals surface area contributed by atoms with Gasteiger partial charge in [-0.15, -0.1) is 37.2 Å². The Morgan fingerprint density at radius 3 is 0.967 bits per heavy atom. The zero-order chi connectivity index (χ0) is 38.4. The summed E-state index contributed by atoms with van der Waals surface area (Å²) in [6.45, 7) is 9.79. The van der Waals surface area contributed by atoms with Crippen LogP contribution in [0.1, 0.15) is 141 Å². The molecular weight excluding hydrogens is 833 g/mol. The normalized spacial score (nSPS) is 21.4. The molecule has 6 atom stereocenters. The molecule has 0 bridgehead atoms. The molecule has 0 saturated carbocycles. The predicted molar refractivity (Wildman–Crippen MR) is 249 cm³/mol. The average molecular weight is 907 g/mol. The van der Waals surface area contributed by atoms with E-state index in [-0.39, 0.29) is 53.6 Å². The highest BCUT2D eigenvalue weighted by Gasteiger charge is 2.31. The molecule has 3 heterocycles. The van der Waals surface area contributed by atoms with Crippen molar-refractivity contribution in [2.24, 2.45) is 5.92 Å². The van der Waals surface area contributed by atoms with Gasteiger partial charge in [-0.25, -0.2) is 0 Å². The Hall–Kier alpha value is -2.91. The minimum Gasteiger partial charge on any atom is -0.493 e. The van der Waals surface area contributed by atoms with E-state index in [9.17, 15) is 0 Å². The summed E-state index contributed by atoms with van der Waals surface area (Å²) in [6.07, 6.45) is 9.22. The number of unbranched alkanes of at least 4 members (excludes halogenated alkanes) is 1. The van der Waals surface area contributed by atoms with E-state index in [1.165, 1.54) is 65.5 Å². The zero-order valence-corrected chi connectivity index (χ0v) is 39.4. The van der Waals surface area contributed by atoms with Gasteiger partial charge < -0.3 is 60.8 Å². The molecule has 0 saturated heterocycles. The first kappa shape index (κ1) is 57.1. The van der Waals surface area contributed by atoms with Crippen LogP contribution in [0.4, 0.5) is 0 Å². The lowest BCUT2D eigenvalue weighted by molar-refractivity contribution is 0.313. The van der Waals surface area contributed by atoms with Crippen LogP contribution in [0, 0.1) is 5.92 Å². The topological polar surface area (TPSA) is 186 Å². The highest BCUT2D eigenvalue weighted by Crippen LogP contribution is 2.44. The number of rotatable bonds is 17. The number of fused-ring (bicyclic) bond motifs is 3. The molecule has 0 fully saturated rings. The van der Waals surface area contributed by atoms with E-state index in [0.29, 0.717) is 41.8 Å². The first-order valence-corrected chi connectivity index (χ1v) is 20.2. The largest absolute Gasteiger partial charge is 0.493 e. The van der Waals surface area contributed by atoms with E-state index < -0.39 is 0 Å². The molecule has 15 heteroatoms. The summed E-state index contributed by atoms with van der Waals surface area (Å²) in [7, 11) is 10.4. The first-order valence-electron chi connectivity index (χ1n) is 20.2. The molecule has 60 heavy (non-hydrogen) atoms. The summed E-state index contributed by atoms with van der Waals surface area (Å²) in [4.78, 5) is 0. The molecule has 0 aliphatic carbocycles. The van der Waals surface area contributed by atoms with Gasteiger partial charge in [-0.3, -0.25) is 0 Å². The number of benzene rings is 3. The Labute approximate surface area is 377 Å². The maximum absolute atomic E-state index is 5.76. The van der Waals surface area contributed by atoms with E-state index >= 15 is 0 Å². The number of hydrogen-bond donors (Lipinski definition) is 3. The summed E-state index contributed by atoms with van der Waals surface area (Å²) in [6, 6.07) is 14.1. The van der Waals surface area contributed by atoms with Gasteiger partial charge in [0.25, 0.3) is 0 Å². The van der Waals surface area contributed by atoms with Crippen LogP contribution < -0.4 is 44.4 Å². The van der Waals surface area contributed by atoms with E-state index in [1.54, 1.807) is 42.7 Å². The molecule has 0 aromatic heterocycles. The third-order valence-electron chi connectivity index (χ3n) is 12.6. The van der Waals surface area contributed by atoms with Crippen molar-refractivity contribution in [3.8, 4) is 34.5 Å². The minimum absolute atomic E-state index is 0. The zero-order valence-electron chi connectivity index (χ0n) is 37.0. The van der Waals surface area contributed by atoms with Gasteiger partial charge >= 0.3 is 0 Å². The van der Waals surface area contributed by atoms with Crippen molar-refractivity contribution in [2.75, 3.05) is 62.3 Å². The number of methoxy groups -OCH3 is 6. The maximum atomic E-state index is 5.76. The average Bonchev–Trinajstić information content (AvgIpc) is 3.20. The molecular formula is C45H74Cl3N3O9. The minimum atomic E-state index is 0. The Balaban J connectivity index is 0.00000580. The van der Waals surface area contributed by atoms with Gasteiger partial charge in [0, 0.05) is 37.8 Å². The molecule has 9 N–H and O–H groups in total.